The number of carbonyl (C=O) groups is 1. The molecule has 0 fully saturated rings. The first-order valence-corrected chi connectivity index (χ1v) is 6.98. The Bertz CT molecular complexity index is 539. The molecule has 1 amide bonds. The van der Waals surface area contributed by atoms with Gasteiger partial charge in [0.25, 0.3) is 0 Å². The predicted molar refractivity (Wildman–Crippen MR) is 79.3 cm³/mol. The summed E-state index contributed by atoms with van der Waals surface area (Å²) in [7, 11) is 0. The third kappa shape index (κ3) is 3.19. The van der Waals surface area contributed by atoms with Crippen molar-refractivity contribution in [3.05, 3.63) is 49.7 Å². The van der Waals surface area contributed by atoms with E-state index >= 15 is 0 Å². The molecule has 0 spiro atoms. The Morgan fingerprint density at radius 2 is 2.18 bits per heavy atom. The highest BCUT2D eigenvalue weighted by atomic mass is 127. The van der Waals surface area contributed by atoms with Gasteiger partial charge in [0.05, 0.1) is 5.56 Å². The summed E-state index contributed by atoms with van der Waals surface area (Å²) in [4.78, 5) is 12.0. The number of nitrogens with one attached hydrogen (secondary N) is 1. The summed E-state index contributed by atoms with van der Waals surface area (Å²) >= 11 is 3.82. The minimum Gasteiger partial charge on any atom is -0.379 e. The van der Waals surface area contributed by atoms with E-state index in [1.807, 2.05) is 30.3 Å². The summed E-state index contributed by atoms with van der Waals surface area (Å²) in [5.74, 6) is -0.373. The van der Waals surface area contributed by atoms with Gasteiger partial charge < -0.3 is 11.1 Å². The molecule has 17 heavy (non-hydrogen) atoms. The third-order valence-electron chi connectivity index (χ3n) is 2.27. The molecule has 1 heterocycles. The number of amides is 1. The quantitative estimate of drug-likeness (QED) is 0.826. The number of hydrogen-bond donors (Lipinski definition) is 2. The lowest BCUT2D eigenvalue weighted by atomic mass is 10.3. The zero-order valence-electron chi connectivity index (χ0n) is 8.94. The molecule has 0 bridgehead atoms. The standard InChI is InChI=1S/C12H11IN2OS/c13-10-3-1-2-4-11(10)15-6-9-5-8(7-17-9)12(14)16/h1-5,7,15H,6H2,(H2,14,16). The smallest absolute Gasteiger partial charge is 0.249 e. The van der Waals surface area contributed by atoms with E-state index in [1.165, 1.54) is 14.9 Å². The van der Waals surface area contributed by atoms with E-state index in [1.54, 1.807) is 5.38 Å². The molecule has 2 aromatic rings. The van der Waals surface area contributed by atoms with Crippen LogP contribution in [-0.4, -0.2) is 5.91 Å². The van der Waals surface area contributed by atoms with Gasteiger partial charge in [-0.3, -0.25) is 4.79 Å². The lowest BCUT2D eigenvalue weighted by Gasteiger charge is -2.06. The summed E-state index contributed by atoms with van der Waals surface area (Å²) in [6.45, 7) is 0.706. The zero-order chi connectivity index (χ0) is 12.3. The van der Waals surface area contributed by atoms with E-state index in [2.05, 4.69) is 27.9 Å². The Balaban J connectivity index is 2.02. The molecular formula is C12H11IN2OS. The Morgan fingerprint density at radius 3 is 2.82 bits per heavy atom. The van der Waals surface area contributed by atoms with Crippen molar-refractivity contribution in [2.45, 2.75) is 6.54 Å². The number of thiophene rings is 1. The van der Waals surface area contributed by atoms with Crippen LogP contribution in [0.4, 0.5) is 5.69 Å². The number of benzene rings is 1. The molecule has 88 valence electrons. The SMILES string of the molecule is NC(=O)c1csc(CNc2ccccc2I)c1. The Kier molecular flexibility index (Phi) is 4.01. The minimum atomic E-state index is -0.373. The van der Waals surface area contributed by atoms with E-state index < -0.39 is 0 Å². The van der Waals surface area contributed by atoms with Crippen molar-refractivity contribution < 1.29 is 4.79 Å². The highest BCUT2D eigenvalue weighted by molar-refractivity contribution is 14.1. The van der Waals surface area contributed by atoms with Crippen LogP contribution < -0.4 is 11.1 Å². The predicted octanol–water partition coefficient (Wildman–Crippen LogP) is 3.06. The maximum absolute atomic E-state index is 10.9. The fourth-order valence-electron chi connectivity index (χ4n) is 1.39. The summed E-state index contributed by atoms with van der Waals surface area (Å²) in [6, 6.07) is 9.91. The van der Waals surface area contributed by atoms with Crippen molar-refractivity contribution in [2.24, 2.45) is 5.73 Å². The number of para-hydroxylation sites is 1. The number of rotatable bonds is 4. The Labute approximate surface area is 117 Å². The first-order valence-electron chi connectivity index (χ1n) is 5.02. The van der Waals surface area contributed by atoms with Crippen LogP contribution >= 0.6 is 33.9 Å². The second-order valence-electron chi connectivity index (χ2n) is 3.50. The molecule has 1 aromatic heterocycles. The Hall–Kier alpha value is -1.08. The number of anilines is 1. The molecule has 0 saturated carbocycles. The Morgan fingerprint density at radius 1 is 1.41 bits per heavy atom. The van der Waals surface area contributed by atoms with Crippen LogP contribution in [-0.2, 0) is 6.54 Å². The van der Waals surface area contributed by atoms with Crippen molar-refractivity contribution in [1.82, 2.24) is 0 Å². The molecule has 0 saturated heterocycles. The van der Waals surface area contributed by atoms with Crippen LogP contribution in [0.25, 0.3) is 0 Å². The van der Waals surface area contributed by atoms with Crippen molar-refractivity contribution >= 4 is 45.5 Å². The fourth-order valence-corrected chi connectivity index (χ4v) is 2.78. The van der Waals surface area contributed by atoms with Gasteiger partial charge in [0, 0.05) is 26.1 Å². The summed E-state index contributed by atoms with van der Waals surface area (Å²) < 4.78 is 1.18. The van der Waals surface area contributed by atoms with E-state index in [9.17, 15) is 4.79 Å². The van der Waals surface area contributed by atoms with Gasteiger partial charge >= 0.3 is 0 Å². The van der Waals surface area contributed by atoms with Crippen molar-refractivity contribution in [3.63, 3.8) is 0 Å². The highest BCUT2D eigenvalue weighted by Gasteiger charge is 2.05. The maximum Gasteiger partial charge on any atom is 0.249 e. The van der Waals surface area contributed by atoms with Crippen LogP contribution in [0.15, 0.2) is 35.7 Å². The average Bonchev–Trinajstić information content (AvgIpc) is 2.77. The molecule has 0 aliphatic rings. The first-order chi connectivity index (χ1) is 8.16. The number of nitrogens with two attached hydrogens (primary N) is 1. The molecule has 0 atom stereocenters. The summed E-state index contributed by atoms with van der Waals surface area (Å²) in [5.41, 5.74) is 6.88. The third-order valence-corrected chi connectivity index (χ3v) is 4.14. The number of hydrogen-bond acceptors (Lipinski definition) is 3. The van der Waals surface area contributed by atoms with Gasteiger partial charge in [0.2, 0.25) is 5.91 Å². The molecule has 2 rings (SSSR count). The average molecular weight is 358 g/mol. The largest absolute Gasteiger partial charge is 0.379 e. The van der Waals surface area contributed by atoms with Gasteiger partial charge in [-0.1, -0.05) is 12.1 Å². The van der Waals surface area contributed by atoms with Gasteiger partial charge in [-0.05, 0) is 40.8 Å². The maximum atomic E-state index is 10.9. The van der Waals surface area contributed by atoms with E-state index in [4.69, 9.17) is 5.73 Å². The van der Waals surface area contributed by atoms with Gasteiger partial charge in [-0.25, -0.2) is 0 Å². The van der Waals surface area contributed by atoms with Crippen LogP contribution in [0.1, 0.15) is 15.2 Å². The minimum absolute atomic E-state index is 0.373. The second kappa shape index (κ2) is 5.50. The van der Waals surface area contributed by atoms with Crippen molar-refractivity contribution in [3.8, 4) is 0 Å². The van der Waals surface area contributed by atoms with Gasteiger partial charge in [0.15, 0.2) is 0 Å². The van der Waals surface area contributed by atoms with Crippen LogP contribution in [0, 0.1) is 3.57 Å². The monoisotopic (exact) mass is 358 g/mol. The number of primary amides is 1. The molecule has 0 radical (unpaired) electrons. The normalized spacial score (nSPS) is 10.2. The molecule has 0 aliphatic heterocycles. The molecule has 0 aliphatic carbocycles. The number of carbonyl (C=O) groups excluding carboxylic acids is 1. The zero-order valence-corrected chi connectivity index (χ0v) is 11.9. The molecular weight excluding hydrogens is 347 g/mol. The van der Waals surface area contributed by atoms with Gasteiger partial charge in [-0.2, -0.15) is 0 Å². The molecule has 1 aromatic carbocycles. The van der Waals surface area contributed by atoms with Crippen LogP contribution in [0.2, 0.25) is 0 Å². The summed E-state index contributed by atoms with van der Waals surface area (Å²) in [5, 5.41) is 5.12. The fraction of sp³-hybridized carbons (Fsp3) is 0.0833. The lowest BCUT2D eigenvalue weighted by Crippen LogP contribution is -2.09. The van der Waals surface area contributed by atoms with Gasteiger partial charge in [-0.15, -0.1) is 11.3 Å². The number of halogens is 1. The van der Waals surface area contributed by atoms with Crippen molar-refractivity contribution in [2.75, 3.05) is 5.32 Å². The molecule has 3 nitrogen and oxygen atoms in total. The van der Waals surface area contributed by atoms with Crippen LogP contribution in [0.3, 0.4) is 0 Å². The second-order valence-corrected chi connectivity index (χ2v) is 5.66. The summed E-state index contributed by atoms with van der Waals surface area (Å²) in [6.07, 6.45) is 0. The van der Waals surface area contributed by atoms with E-state index in [0.29, 0.717) is 12.1 Å². The van der Waals surface area contributed by atoms with Crippen molar-refractivity contribution in [1.29, 1.82) is 0 Å². The topological polar surface area (TPSA) is 55.1 Å². The highest BCUT2D eigenvalue weighted by Crippen LogP contribution is 2.20. The first kappa shape index (κ1) is 12.4. The molecule has 5 heteroatoms. The van der Waals surface area contributed by atoms with E-state index in [-0.39, 0.29) is 5.91 Å². The molecule has 3 N–H and O–H groups in total. The van der Waals surface area contributed by atoms with Crippen LogP contribution in [0.5, 0.6) is 0 Å². The molecule has 0 unspecified atom stereocenters. The van der Waals surface area contributed by atoms with Gasteiger partial charge in [0.1, 0.15) is 0 Å². The lowest BCUT2D eigenvalue weighted by molar-refractivity contribution is 0.100. The van der Waals surface area contributed by atoms with E-state index in [0.717, 1.165) is 10.6 Å².